The number of carbonyl (C=O) groups excluding carboxylic acids is 1. The van der Waals surface area contributed by atoms with E-state index in [2.05, 4.69) is 36.5 Å². The van der Waals surface area contributed by atoms with Crippen LogP contribution >= 0.6 is 0 Å². The highest BCUT2D eigenvalue weighted by Gasteiger charge is 2.05. The SMILES string of the molecule is CC(C)c1ccc(C(=O)N/N=C/c2cccc3ccccc23)cc1. The summed E-state index contributed by atoms with van der Waals surface area (Å²) < 4.78 is 0. The Labute approximate surface area is 142 Å². The minimum absolute atomic E-state index is 0.207. The molecule has 0 fully saturated rings. The molecule has 0 spiro atoms. The van der Waals surface area contributed by atoms with Gasteiger partial charge in [0.15, 0.2) is 0 Å². The Kier molecular flexibility index (Phi) is 4.71. The topological polar surface area (TPSA) is 41.5 Å². The zero-order valence-corrected chi connectivity index (χ0v) is 13.9. The van der Waals surface area contributed by atoms with Gasteiger partial charge in [0.05, 0.1) is 6.21 Å². The minimum Gasteiger partial charge on any atom is -0.267 e. The quantitative estimate of drug-likeness (QED) is 0.549. The number of hydrogen-bond acceptors (Lipinski definition) is 2. The summed E-state index contributed by atoms with van der Waals surface area (Å²) in [6, 6.07) is 21.7. The molecule has 3 heteroatoms. The highest BCUT2D eigenvalue weighted by atomic mass is 16.2. The van der Waals surface area contributed by atoms with Crippen molar-refractivity contribution in [1.29, 1.82) is 0 Å². The van der Waals surface area contributed by atoms with E-state index in [0.29, 0.717) is 11.5 Å². The molecule has 0 unspecified atom stereocenters. The lowest BCUT2D eigenvalue weighted by Gasteiger charge is -2.06. The molecular formula is C21H20N2O. The summed E-state index contributed by atoms with van der Waals surface area (Å²) in [4.78, 5) is 12.2. The molecule has 0 heterocycles. The molecule has 0 saturated carbocycles. The molecule has 0 aliphatic carbocycles. The third kappa shape index (κ3) is 3.51. The van der Waals surface area contributed by atoms with Gasteiger partial charge in [0.25, 0.3) is 5.91 Å². The number of benzene rings is 3. The first kappa shape index (κ1) is 15.9. The van der Waals surface area contributed by atoms with Gasteiger partial charge in [0.2, 0.25) is 0 Å². The fraction of sp³-hybridized carbons (Fsp3) is 0.143. The third-order valence-corrected chi connectivity index (χ3v) is 4.03. The Morgan fingerprint density at radius 2 is 1.67 bits per heavy atom. The Hall–Kier alpha value is -2.94. The number of nitrogens with one attached hydrogen (secondary N) is 1. The van der Waals surface area contributed by atoms with E-state index < -0.39 is 0 Å². The van der Waals surface area contributed by atoms with E-state index in [4.69, 9.17) is 0 Å². The number of carbonyl (C=O) groups is 1. The van der Waals surface area contributed by atoms with Crippen molar-refractivity contribution in [2.75, 3.05) is 0 Å². The van der Waals surface area contributed by atoms with Crippen molar-refractivity contribution in [2.45, 2.75) is 19.8 Å². The van der Waals surface area contributed by atoms with Gasteiger partial charge in [0.1, 0.15) is 0 Å². The fourth-order valence-corrected chi connectivity index (χ4v) is 2.61. The molecule has 3 aromatic rings. The molecule has 0 saturated heterocycles. The Morgan fingerprint density at radius 3 is 2.42 bits per heavy atom. The predicted molar refractivity (Wildman–Crippen MR) is 99.5 cm³/mol. The highest BCUT2D eigenvalue weighted by Crippen LogP contribution is 2.17. The summed E-state index contributed by atoms with van der Waals surface area (Å²) in [6.45, 7) is 4.26. The Bertz CT molecular complexity index is 874. The number of hydrogen-bond donors (Lipinski definition) is 1. The molecular weight excluding hydrogens is 296 g/mol. The number of amides is 1. The summed E-state index contributed by atoms with van der Waals surface area (Å²) in [5.41, 5.74) is 5.39. The van der Waals surface area contributed by atoms with Gasteiger partial charge in [0, 0.05) is 11.1 Å². The zero-order chi connectivity index (χ0) is 16.9. The zero-order valence-electron chi connectivity index (χ0n) is 13.9. The van der Waals surface area contributed by atoms with Crippen LogP contribution in [0.25, 0.3) is 10.8 Å². The van der Waals surface area contributed by atoms with E-state index in [-0.39, 0.29) is 5.91 Å². The van der Waals surface area contributed by atoms with Gasteiger partial charge < -0.3 is 0 Å². The van der Waals surface area contributed by atoms with E-state index in [9.17, 15) is 4.79 Å². The van der Waals surface area contributed by atoms with Crippen LogP contribution in [-0.4, -0.2) is 12.1 Å². The van der Waals surface area contributed by atoms with Crippen molar-refractivity contribution < 1.29 is 4.79 Å². The molecule has 0 aliphatic heterocycles. The predicted octanol–water partition coefficient (Wildman–Crippen LogP) is 4.73. The van der Waals surface area contributed by atoms with Crippen LogP contribution in [0.1, 0.15) is 41.3 Å². The molecule has 0 radical (unpaired) electrons. The van der Waals surface area contributed by atoms with Crippen molar-refractivity contribution in [1.82, 2.24) is 5.43 Å². The molecule has 0 bridgehead atoms. The van der Waals surface area contributed by atoms with Crippen LogP contribution in [0.3, 0.4) is 0 Å². The molecule has 3 aromatic carbocycles. The van der Waals surface area contributed by atoms with Crippen molar-refractivity contribution >= 4 is 22.9 Å². The third-order valence-electron chi connectivity index (χ3n) is 4.03. The molecule has 0 atom stereocenters. The first-order chi connectivity index (χ1) is 11.6. The van der Waals surface area contributed by atoms with Gasteiger partial charge >= 0.3 is 0 Å². The van der Waals surface area contributed by atoms with Crippen LogP contribution in [0.15, 0.2) is 71.8 Å². The maximum Gasteiger partial charge on any atom is 0.271 e. The maximum absolute atomic E-state index is 12.2. The Morgan fingerprint density at radius 1 is 0.958 bits per heavy atom. The summed E-state index contributed by atoms with van der Waals surface area (Å²) in [5.74, 6) is 0.244. The normalized spacial score (nSPS) is 11.3. The van der Waals surface area contributed by atoms with Gasteiger partial charge in [-0.1, -0.05) is 68.4 Å². The summed E-state index contributed by atoms with van der Waals surface area (Å²) >= 11 is 0. The molecule has 24 heavy (non-hydrogen) atoms. The van der Waals surface area contributed by atoms with E-state index in [1.807, 2.05) is 54.6 Å². The van der Waals surface area contributed by atoms with E-state index in [1.54, 1.807) is 6.21 Å². The Balaban J connectivity index is 1.72. The molecule has 1 amide bonds. The largest absolute Gasteiger partial charge is 0.271 e. The van der Waals surface area contributed by atoms with Crippen LogP contribution in [0.5, 0.6) is 0 Å². The molecule has 1 N–H and O–H groups in total. The first-order valence-electron chi connectivity index (χ1n) is 8.06. The average molecular weight is 316 g/mol. The highest BCUT2D eigenvalue weighted by molar-refractivity contribution is 6.00. The molecule has 120 valence electrons. The number of nitrogens with zero attached hydrogens (tertiary/aromatic N) is 1. The minimum atomic E-state index is -0.207. The second-order valence-corrected chi connectivity index (χ2v) is 6.04. The van der Waals surface area contributed by atoms with Gasteiger partial charge in [-0.05, 0) is 34.4 Å². The first-order valence-corrected chi connectivity index (χ1v) is 8.06. The lowest BCUT2D eigenvalue weighted by molar-refractivity contribution is 0.0955. The second kappa shape index (κ2) is 7.09. The summed E-state index contributed by atoms with van der Waals surface area (Å²) in [5, 5.41) is 6.36. The van der Waals surface area contributed by atoms with Crippen molar-refractivity contribution in [3.8, 4) is 0 Å². The van der Waals surface area contributed by atoms with Gasteiger partial charge in [-0.2, -0.15) is 5.10 Å². The molecule has 0 aliphatic rings. The van der Waals surface area contributed by atoms with E-state index in [1.165, 1.54) is 5.56 Å². The van der Waals surface area contributed by atoms with Gasteiger partial charge in [-0.15, -0.1) is 0 Å². The smallest absolute Gasteiger partial charge is 0.267 e. The lowest BCUT2D eigenvalue weighted by atomic mass is 10.0. The standard InChI is InChI=1S/C21H20N2O/c1-15(2)16-10-12-18(13-11-16)21(24)23-22-14-19-8-5-7-17-6-3-4-9-20(17)19/h3-15H,1-2H3,(H,23,24)/b22-14+. The second-order valence-electron chi connectivity index (χ2n) is 6.04. The van der Waals surface area contributed by atoms with Crippen LogP contribution < -0.4 is 5.43 Å². The van der Waals surface area contributed by atoms with Crippen LogP contribution in [-0.2, 0) is 0 Å². The van der Waals surface area contributed by atoms with E-state index in [0.717, 1.165) is 16.3 Å². The van der Waals surface area contributed by atoms with Crippen LogP contribution in [0, 0.1) is 0 Å². The number of hydrazone groups is 1. The van der Waals surface area contributed by atoms with E-state index >= 15 is 0 Å². The van der Waals surface area contributed by atoms with Crippen molar-refractivity contribution in [2.24, 2.45) is 5.10 Å². The summed E-state index contributed by atoms with van der Waals surface area (Å²) in [7, 11) is 0. The van der Waals surface area contributed by atoms with Crippen molar-refractivity contribution in [3.05, 3.63) is 83.4 Å². The number of rotatable bonds is 4. The fourth-order valence-electron chi connectivity index (χ4n) is 2.61. The molecule has 0 aromatic heterocycles. The maximum atomic E-state index is 12.2. The number of fused-ring (bicyclic) bond motifs is 1. The van der Waals surface area contributed by atoms with Crippen LogP contribution in [0.4, 0.5) is 0 Å². The average Bonchev–Trinajstić information content (AvgIpc) is 2.62. The molecule has 3 rings (SSSR count). The summed E-state index contributed by atoms with van der Waals surface area (Å²) in [6.07, 6.45) is 1.68. The van der Waals surface area contributed by atoms with Gasteiger partial charge in [-0.3, -0.25) is 4.79 Å². The van der Waals surface area contributed by atoms with Gasteiger partial charge in [-0.25, -0.2) is 5.43 Å². The molecule has 3 nitrogen and oxygen atoms in total. The van der Waals surface area contributed by atoms with Crippen molar-refractivity contribution in [3.63, 3.8) is 0 Å². The lowest BCUT2D eigenvalue weighted by Crippen LogP contribution is -2.17. The van der Waals surface area contributed by atoms with Crippen LogP contribution in [0.2, 0.25) is 0 Å². The monoisotopic (exact) mass is 316 g/mol.